The largest absolute Gasteiger partial charge is 0.466 e. The summed E-state index contributed by atoms with van der Waals surface area (Å²) in [7, 11) is 0. The maximum atomic E-state index is 10.4. The van der Waals surface area contributed by atoms with E-state index in [4.69, 9.17) is 4.74 Å². The Morgan fingerprint density at radius 2 is 1.75 bits per heavy atom. The fourth-order valence-corrected chi connectivity index (χ4v) is 1.31. The zero-order valence-corrected chi connectivity index (χ0v) is 10.6. The first-order valence-electron chi connectivity index (χ1n) is 6.22. The van der Waals surface area contributed by atoms with Crippen LogP contribution >= 0.6 is 0 Å². The lowest BCUT2D eigenvalue weighted by atomic mass is 10.1. The van der Waals surface area contributed by atoms with Gasteiger partial charge in [0.2, 0.25) is 0 Å². The van der Waals surface area contributed by atoms with Gasteiger partial charge in [0.05, 0.1) is 6.61 Å². The minimum atomic E-state index is -0.208. The van der Waals surface area contributed by atoms with E-state index in [1.807, 2.05) is 12.2 Å². The molecule has 0 spiro atoms. The van der Waals surface area contributed by atoms with Crippen molar-refractivity contribution < 1.29 is 9.53 Å². The Morgan fingerprint density at radius 3 is 2.38 bits per heavy atom. The molecule has 0 saturated carbocycles. The number of ether oxygens (including phenoxy) is 1. The van der Waals surface area contributed by atoms with E-state index in [0.29, 0.717) is 6.61 Å². The molecule has 2 nitrogen and oxygen atoms in total. The molecule has 16 heavy (non-hydrogen) atoms. The summed E-state index contributed by atoms with van der Waals surface area (Å²) in [5, 5.41) is 0. The van der Waals surface area contributed by atoms with Gasteiger partial charge >= 0.3 is 5.97 Å². The van der Waals surface area contributed by atoms with Gasteiger partial charge in [0.15, 0.2) is 0 Å². The minimum Gasteiger partial charge on any atom is -0.466 e. The van der Waals surface area contributed by atoms with Crippen LogP contribution in [0.5, 0.6) is 0 Å². The maximum Gasteiger partial charge on any atom is 0.302 e. The molecule has 0 aromatic heterocycles. The second-order valence-electron chi connectivity index (χ2n) is 3.83. The predicted octanol–water partition coefficient (Wildman–Crippen LogP) is 4.02. The Balaban J connectivity index is 3.24. The summed E-state index contributed by atoms with van der Waals surface area (Å²) >= 11 is 0. The quantitative estimate of drug-likeness (QED) is 0.336. The number of rotatable bonds is 9. The van der Waals surface area contributed by atoms with Gasteiger partial charge in [0, 0.05) is 6.92 Å². The van der Waals surface area contributed by atoms with Crippen molar-refractivity contribution >= 4 is 5.97 Å². The molecule has 0 radical (unpaired) electrons. The third-order valence-corrected chi connectivity index (χ3v) is 2.20. The van der Waals surface area contributed by atoms with Gasteiger partial charge in [-0.05, 0) is 19.3 Å². The van der Waals surface area contributed by atoms with Crippen LogP contribution in [0.25, 0.3) is 0 Å². The molecule has 0 N–H and O–H groups in total. The Morgan fingerprint density at radius 1 is 1.06 bits per heavy atom. The molecule has 0 heterocycles. The Kier molecular flexibility index (Phi) is 11.2. The zero-order valence-electron chi connectivity index (χ0n) is 10.6. The highest BCUT2D eigenvalue weighted by molar-refractivity contribution is 5.65. The normalized spacial score (nSPS) is 11.4. The van der Waals surface area contributed by atoms with Gasteiger partial charge in [-0.2, -0.15) is 0 Å². The van der Waals surface area contributed by atoms with Crippen LogP contribution in [0.4, 0.5) is 0 Å². The molecule has 0 aromatic carbocycles. The molecule has 0 aliphatic carbocycles. The average Bonchev–Trinajstić information content (AvgIpc) is 2.25. The highest BCUT2D eigenvalue weighted by atomic mass is 16.5. The SMILES string of the molecule is CCCCCC/C=C/C=CCCOC(C)=O. The van der Waals surface area contributed by atoms with Crippen molar-refractivity contribution in [2.45, 2.75) is 52.4 Å². The summed E-state index contributed by atoms with van der Waals surface area (Å²) in [6.45, 7) is 4.14. The number of carbonyl (C=O) groups excluding carboxylic acids is 1. The van der Waals surface area contributed by atoms with Gasteiger partial charge in [0.25, 0.3) is 0 Å². The van der Waals surface area contributed by atoms with Crippen LogP contribution in [0.2, 0.25) is 0 Å². The molecule has 0 fully saturated rings. The number of hydrogen-bond acceptors (Lipinski definition) is 2. The van der Waals surface area contributed by atoms with Crippen LogP contribution in [0, 0.1) is 0 Å². The number of hydrogen-bond donors (Lipinski definition) is 0. The lowest BCUT2D eigenvalue weighted by molar-refractivity contribution is -0.140. The van der Waals surface area contributed by atoms with Gasteiger partial charge < -0.3 is 4.74 Å². The third-order valence-electron chi connectivity index (χ3n) is 2.20. The number of allylic oxidation sites excluding steroid dienone is 3. The molecule has 92 valence electrons. The number of carbonyl (C=O) groups is 1. The van der Waals surface area contributed by atoms with Crippen molar-refractivity contribution in [2.24, 2.45) is 0 Å². The molecule has 2 heteroatoms. The summed E-state index contributed by atoms with van der Waals surface area (Å²) in [6.07, 6.45) is 15.5. The minimum absolute atomic E-state index is 0.208. The number of esters is 1. The van der Waals surface area contributed by atoms with E-state index >= 15 is 0 Å². The van der Waals surface area contributed by atoms with Crippen LogP contribution < -0.4 is 0 Å². The van der Waals surface area contributed by atoms with Crippen molar-refractivity contribution in [3.63, 3.8) is 0 Å². The van der Waals surface area contributed by atoms with E-state index in [9.17, 15) is 4.79 Å². The Labute approximate surface area is 99.4 Å². The maximum absolute atomic E-state index is 10.4. The van der Waals surface area contributed by atoms with Crippen LogP contribution in [0.15, 0.2) is 24.3 Å². The highest BCUT2D eigenvalue weighted by Crippen LogP contribution is 2.02. The topological polar surface area (TPSA) is 26.3 Å². The van der Waals surface area contributed by atoms with Crippen molar-refractivity contribution in [1.29, 1.82) is 0 Å². The fourth-order valence-electron chi connectivity index (χ4n) is 1.31. The van der Waals surface area contributed by atoms with Gasteiger partial charge in [-0.25, -0.2) is 0 Å². The van der Waals surface area contributed by atoms with Crippen LogP contribution in [0.1, 0.15) is 52.4 Å². The van der Waals surface area contributed by atoms with E-state index in [1.54, 1.807) is 0 Å². The van der Waals surface area contributed by atoms with Crippen LogP contribution in [-0.4, -0.2) is 12.6 Å². The summed E-state index contributed by atoms with van der Waals surface area (Å²) in [4.78, 5) is 10.4. The van der Waals surface area contributed by atoms with E-state index < -0.39 is 0 Å². The van der Waals surface area contributed by atoms with E-state index in [-0.39, 0.29) is 5.97 Å². The molecule has 0 bridgehead atoms. The first kappa shape index (κ1) is 14.9. The van der Waals surface area contributed by atoms with E-state index in [1.165, 1.54) is 32.6 Å². The Bertz CT molecular complexity index is 217. The van der Waals surface area contributed by atoms with Crippen LogP contribution in [-0.2, 0) is 9.53 Å². The standard InChI is InChI=1S/C14H24O2/c1-3-4-5-6-7-8-9-10-11-12-13-16-14(2)15/h8-11H,3-7,12-13H2,1-2H3/b9-8+,11-10?. The molecule has 0 atom stereocenters. The molecule has 0 amide bonds. The summed E-state index contributed by atoms with van der Waals surface area (Å²) in [5.41, 5.74) is 0. The summed E-state index contributed by atoms with van der Waals surface area (Å²) in [6, 6.07) is 0. The second kappa shape index (κ2) is 12.0. The van der Waals surface area contributed by atoms with Gasteiger partial charge in [0.1, 0.15) is 0 Å². The lowest BCUT2D eigenvalue weighted by Gasteiger charge is -1.95. The molecular weight excluding hydrogens is 200 g/mol. The molecular formula is C14H24O2. The first-order chi connectivity index (χ1) is 7.77. The van der Waals surface area contributed by atoms with Crippen molar-refractivity contribution in [3.8, 4) is 0 Å². The molecule has 0 saturated heterocycles. The van der Waals surface area contributed by atoms with Crippen LogP contribution in [0.3, 0.4) is 0 Å². The smallest absolute Gasteiger partial charge is 0.302 e. The fraction of sp³-hybridized carbons (Fsp3) is 0.643. The molecule has 0 aliphatic rings. The molecule has 0 aromatic rings. The van der Waals surface area contributed by atoms with Crippen molar-refractivity contribution in [3.05, 3.63) is 24.3 Å². The zero-order chi connectivity index (χ0) is 12.1. The molecule has 0 aliphatic heterocycles. The molecule has 0 rings (SSSR count). The number of unbranched alkanes of at least 4 members (excludes halogenated alkanes) is 4. The third kappa shape index (κ3) is 12.9. The van der Waals surface area contributed by atoms with Gasteiger partial charge in [-0.1, -0.05) is 50.5 Å². The Hall–Kier alpha value is -1.05. The summed E-state index contributed by atoms with van der Waals surface area (Å²) in [5.74, 6) is -0.208. The average molecular weight is 224 g/mol. The molecule has 0 unspecified atom stereocenters. The van der Waals surface area contributed by atoms with Gasteiger partial charge in [-0.15, -0.1) is 0 Å². The van der Waals surface area contributed by atoms with Gasteiger partial charge in [-0.3, -0.25) is 4.79 Å². The van der Waals surface area contributed by atoms with E-state index in [2.05, 4.69) is 19.1 Å². The van der Waals surface area contributed by atoms with Crippen molar-refractivity contribution in [1.82, 2.24) is 0 Å². The lowest BCUT2D eigenvalue weighted by Crippen LogP contribution is -1.98. The van der Waals surface area contributed by atoms with Crippen molar-refractivity contribution in [2.75, 3.05) is 6.61 Å². The monoisotopic (exact) mass is 224 g/mol. The first-order valence-corrected chi connectivity index (χ1v) is 6.22. The highest BCUT2D eigenvalue weighted by Gasteiger charge is 1.87. The predicted molar refractivity (Wildman–Crippen MR) is 68.3 cm³/mol. The second-order valence-corrected chi connectivity index (χ2v) is 3.83. The summed E-state index contributed by atoms with van der Waals surface area (Å²) < 4.78 is 4.80. The van der Waals surface area contributed by atoms with E-state index in [0.717, 1.165) is 12.8 Å².